The summed E-state index contributed by atoms with van der Waals surface area (Å²) in [5.41, 5.74) is -1.10. The first-order valence-corrected chi connectivity index (χ1v) is 6.12. The summed E-state index contributed by atoms with van der Waals surface area (Å²) in [4.78, 5) is 21.2. The predicted octanol–water partition coefficient (Wildman–Crippen LogP) is 1.81. The molecular formula is C13H18N2O5. The van der Waals surface area contributed by atoms with Crippen LogP contribution in [0.3, 0.4) is 0 Å². The second-order valence-corrected chi connectivity index (χ2v) is 4.77. The van der Waals surface area contributed by atoms with Gasteiger partial charge in [0.2, 0.25) is 0 Å². The molecule has 0 saturated carbocycles. The standard InChI is InChI=1S/C13H18N2O5/c1-9(8-13(2,14-3)12(16)17)20-11-6-4-10(5-7-11)15(18)19/h4-7,9,14H,8H2,1-3H3,(H,16,17). The average molecular weight is 282 g/mol. The molecule has 0 heterocycles. The lowest BCUT2D eigenvalue weighted by molar-refractivity contribution is -0.384. The molecule has 0 fully saturated rings. The number of rotatable bonds is 7. The maximum absolute atomic E-state index is 11.2. The van der Waals surface area contributed by atoms with Crippen molar-refractivity contribution in [3.8, 4) is 5.75 Å². The highest BCUT2D eigenvalue weighted by atomic mass is 16.6. The highest BCUT2D eigenvalue weighted by Crippen LogP contribution is 2.21. The van der Waals surface area contributed by atoms with Gasteiger partial charge in [-0.3, -0.25) is 14.9 Å². The topological polar surface area (TPSA) is 102 Å². The number of nitro groups is 1. The van der Waals surface area contributed by atoms with Gasteiger partial charge in [0, 0.05) is 18.6 Å². The van der Waals surface area contributed by atoms with E-state index in [9.17, 15) is 14.9 Å². The van der Waals surface area contributed by atoms with Gasteiger partial charge in [-0.15, -0.1) is 0 Å². The van der Waals surface area contributed by atoms with Crippen molar-refractivity contribution < 1.29 is 19.6 Å². The molecule has 7 nitrogen and oxygen atoms in total. The van der Waals surface area contributed by atoms with Gasteiger partial charge in [-0.25, -0.2) is 0 Å². The summed E-state index contributed by atoms with van der Waals surface area (Å²) in [5.74, 6) is -0.494. The van der Waals surface area contributed by atoms with Crippen LogP contribution in [0.25, 0.3) is 0 Å². The SMILES string of the molecule is CNC(C)(CC(C)Oc1ccc([N+](=O)[O-])cc1)C(=O)O. The van der Waals surface area contributed by atoms with Crippen molar-refractivity contribution in [1.29, 1.82) is 0 Å². The molecule has 1 aromatic carbocycles. The Labute approximate surface area is 116 Å². The van der Waals surface area contributed by atoms with Crippen LogP contribution in [0.15, 0.2) is 24.3 Å². The van der Waals surface area contributed by atoms with Crippen LogP contribution >= 0.6 is 0 Å². The number of carboxylic acid groups (broad SMARTS) is 1. The Kier molecular flexibility index (Phi) is 5.04. The Hall–Kier alpha value is -2.15. The van der Waals surface area contributed by atoms with Crippen LogP contribution in [-0.2, 0) is 4.79 Å². The van der Waals surface area contributed by atoms with Crippen molar-refractivity contribution in [2.75, 3.05) is 7.05 Å². The number of carbonyl (C=O) groups is 1. The maximum Gasteiger partial charge on any atom is 0.323 e. The van der Waals surface area contributed by atoms with E-state index in [1.165, 1.54) is 24.3 Å². The first kappa shape index (κ1) is 15.9. The summed E-state index contributed by atoms with van der Waals surface area (Å²) >= 11 is 0. The molecule has 2 atom stereocenters. The number of nitrogens with one attached hydrogen (secondary N) is 1. The number of non-ortho nitro benzene ring substituents is 1. The Morgan fingerprint density at radius 2 is 2.05 bits per heavy atom. The van der Waals surface area contributed by atoms with Gasteiger partial charge in [0.05, 0.1) is 11.0 Å². The van der Waals surface area contributed by atoms with Gasteiger partial charge in [0.15, 0.2) is 0 Å². The number of nitro benzene ring substituents is 1. The summed E-state index contributed by atoms with van der Waals surface area (Å²) in [7, 11) is 1.58. The maximum atomic E-state index is 11.2. The average Bonchev–Trinajstić information content (AvgIpc) is 2.38. The number of benzene rings is 1. The first-order valence-electron chi connectivity index (χ1n) is 6.12. The Bertz CT molecular complexity index is 488. The molecule has 2 N–H and O–H groups in total. The van der Waals surface area contributed by atoms with Crippen molar-refractivity contribution in [3.63, 3.8) is 0 Å². The largest absolute Gasteiger partial charge is 0.491 e. The van der Waals surface area contributed by atoms with Crippen molar-refractivity contribution in [2.45, 2.75) is 31.9 Å². The fourth-order valence-corrected chi connectivity index (χ4v) is 1.79. The van der Waals surface area contributed by atoms with E-state index in [-0.39, 0.29) is 18.2 Å². The second-order valence-electron chi connectivity index (χ2n) is 4.77. The monoisotopic (exact) mass is 282 g/mol. The van der Waals surface area contributed by atoms with Crippen LogP contribution in [0.5, 0.6) is 5.75 Å². The molecule has 7 heteroatoms. The molecule has 0 saturated heterocycles. The summed E-state index contributed by atoms with van der Waals surface area (Å²) in [6.07, 6.45) is -0.0967. The third kappa shape index (κ3) is 3.92. The number of carboxylic acids is 1. The molecule has 0 amide bonds. The highest BCUT2D eigenvalue weighted by Gasteiger charge is 2.33. The Balaban J connectivity index is 2.68. The normalized spacial score (nSPS) is 15.2. The van der Waals surface area contributed by atoms with Gasteiger partial charge in [-0.2, -0.15) is 0 Å². The number of likely N-dealkylation sites (N-methyl/N-ethyl adjacent to an activating group) is 1. The molecule has 0 aliphatic heterocycles. The Morgan fingerprint density at radius 3 is 2.45 bits per heavy atom. The summed E-state index contributed by atoms with van der Waals surface area (Å²) in [5, 5.41) is 22.4. The lowest BCUT2D eigenvalue weighted by atomic mass is 9.95. The zero-order valence-electron chi connectivity index (χ0n) is 11.6. The van der Waals surface area contributed by atoms with E-state index in [0.717, 1.165) is 0 Å². The Morgan fingerprint density at radius 1 is 1.50 bits per heavy atom. The van der Waals surface area contributed by atoms with Crippen LogP contribution in [0.2, 0.25) is 0 Å². The minimum atomic E-state index is -1.08. The number of hydrogen-bond donors (Lipinski definition) is 2. The smallest absolute Gasteiger partial charge is 0.323 e. The van der Waals surface area contributed by atoms with Crippen LogP contribution in [0.4, 0.5) is 5.69 Å². The zero-order chi connectivity index (χ0) is 15.3. The molecule has 0 aliphatic carbocycles. The van der Waals surface area contributed by atoms with E-state index in [1.54, 1.807) is 20.9 Å². The highest BCUT2D eigenvalue weighted by molar-refractivity contribution is 5.78. The van der Waals surface area contributed by atoms with Gasteiger partial charge in [0.25, 0.3) is 5.69 Å². The van der Waals surface area contributed by atoms with E-state index in [2.05, 4.69) is 5.32 Å². The van der Waals surface area contributed by atoms with Crippen molar-refractivity contribution in [2.24, 2.45) is 0 Å². The lowest BCUT2D eigenvalue weighted by Crippen LogP contribution is -2.50. The molecule has 1 rings (SSSR count). The summed E-state index contributed by atoms with van der Waals surface area (Å²) in [6, 6.07) is 5.67. The molecular weight excluding hydrogens is 264 g/mol. The van der Waals surface area contributed by atoms with Crippen LogP contribution in [-0.4, -0.2) is 34.7 Å². The fourth-order valence-electron chi connectivity index (χ4n) is 1.79. The van der Waals surface area contributed by atoms with Gasteiger partial charge in [-0.1, -0.05) is 0 Å². The predicted molar refractivity (Wildman–Crippen MR) is 72.9 cm³/mol. The van der Waals surface area contributed by atoms with Crippen LogP contribution in [0.1, 0.15) is 20.3 Å². The molecule has 0 aromatic heterocycles. The van der Waals surface area contributed by atoms with E-state index in [4.69, 9.17) is 9.84 Å². The third-order valence-corrected chi connectivity index (χ3v) is 3.10. The van der Waals surface area contributed by atoms with Gasteiger partial charge >= 0.3 is 5.97 Å². The van der Waals surface area contributed by atoms with Gasteiger partial charge in [0.1, 0.15) is 11.3 Å². The minimum Gasteiger partial charge on any atom is -0.491 e. The second kappa shape index (κ2) is 6.33. The quantitative estimate of drug-likeness (QED) is 0.584. The van der Waals surface area contributed by atoms with Crippen molar-refractivity contribution in [3.05, 3.63) is 34.4 Å². The van der Waals surface area contributed by atoms with Gasteiger partial charge in [-0.05, 0) is 33.0 Å². The van der Waals surface area contributed by atoms with Gasteiger partial charge < -0.3 is 15.2 Å². The van der Waals surface area contributed by atoms with Crippen molar-refractivity contribution >= 4 is 11.7 Å². The van der Waals surface area contributed by atoms with Crippen molar-refractivity contribution in [1.82, 2.24) is 5.32 Å². The number of hydrogen-bond acceptors (Lipinski definition) is 5. The third-order valence-electron chi connectivity index (χ3n) is 3.10. The van der Waals surface area contributed by atoms with Crippen LogP contribution < -0.4 is 10.1 Å². The fraction of sp³-hybridized carbons (Fsp3) is 0.462. The lowest BCUT2D eigenvalue weighted by Gasteiger charge is -2.27. The summed E-state index contributed by atoms with van der Waals surface area (Å²) in [6.45, 7) is 3.32. The summed E-state index contributed by atoms with van der Waals surface area (Å²) < 4.78 is 5.57. The molecule has 110 valence electrons. The number of ether oxygens (including phenoxy) is 1. The molecule has 1 aromatic rings. The molecule has 0 spiro atoms. The number of aliphatic carboxylic acids is 1. The zero-order valence-corrected chi connectivity index (χ0v) is 11.6. The molecule has 2 unspecified atom stereocenters. The van der Waals surface area contributed by atoms with Crippen LogP contribution in [0, 0.1) is 10.1 Å². The molecule has 0 bridgehead atoms. The van der Waals surface area contributed by atoms with E-state index in [0.29, 0.717) is 5.75 Å². The molecule has 20 heavy (non-hydrogen) atoms. The number of nitrogens with zero attached hydrogens (tertiary/aromatic N) is 1. The van der Waals surface area contributed by atoms with E-state index >= 15 is 0 Å². The molecule has 0 radical (unpaired) electrons. The molecule has 0 aliphatic rings. The van der Waals surface area contributed by atoms with E-state index < -0.39 is 16.4 Å². The first-order chi connectivity index (χ1) is 9.28. The minimum absolute atomic E-state index is 0.0180. The van der Waals surface area contributed by atoms with E-state index in [1.807, 2.05) is 0 Å².